The molecule has 25 heavy (non-hydrogen) atoms. The highest BCUT2D eigenvalue weighted by Gasteiger charge is 2.18. The molecule has 3 rings (SSSR count). The highest BCUT2D eigenvalue weighted by atomic mass is 16.2. The standard InChI is InChI=1S/C17H20N6O2/c1-4-10-23-13-14(21(2)17(25)22(3)15(13)24)19-16(23)20-18-11-12-8-6-5-7-9-12/h5-9,11H,4,10H2,1-3H3,(H,19,20)/b18-11-. The van der Waals surface area contributed by atoms with Crippen molar-refractivity contribution in [3.05, 3.63) is 56.7 Å². The summed E-state index contributed by atoms with van der Waals surface area (Å²) < 4.78 is 4.22. The Morgan fingerprint density at radius 2 is 1.88 bits per heavy atom. The van der Waals surface area contributed by atoms with Crippen LogP contribution in [-0.4, -0.2) is 24.9 Å². The molecule has 0 unspecified atom stereocenters. The molecule has 130 valence electrons. The zero-order valence-corrected chi connectivity index (χ0v) is 14.4. The topological polar surface area (TPSA) is 86.2 Å². The van der Waals surface area contributed by atoms with Crippen LogP contribution >= 0.6 is 0 Å². The highest BCUT2D eigenvalue weighted by molar-refractivity contribution is 5.80. The molecule has 8 heteroatoms. The summed E-state index contributed by atoms with van der Waals surface area (Å²) in [5.41, 5.74) is 3.80. The zero-order valence-electron chi connectivity index (χ0n) is 14.4. The van der Waals surface area contributed by atoms with Crippen LogP contribution < -0.4 is 16.7 Å². The van der Waals surface area contributed by atoms with Gasteiger partial charge in [-0.2, -0.15) is 10.1 Å². The Hall–Kier alpha value is -3.16. The first kappa shape index (κ1) is 16.7. The largest absolute Gasteiger partial charge is 0.332 e. The lowest BCUT2D eigenvalue weighted by molar-refractivity contribution is 0.679. The monoisotopic (exact) mass is 340 g/mol. The van der Waals surface area contributed by atoms with Gasteiger partial charge in [0.1, 0.15) is 0 Å². The second-order valence-electron chi connectivity index (χ2n) is 5.75. The minimum atomic E-state index is -0.405. The fourth-order valence-corrected chi connectivity index (χ4v) is 2.68. The van der Waals surface area contributed by atoms with Crippen LogP contribution in [0.1, 0.15) is 18.9 Å². The average molecular weight is 340 g/mol. The van der Waals surface area contributed by atoms with Crippen molar-refractivity contribution in [1.82, 2.24) is 18.7 Å². The van der Waals surface area contributed by atoms with E-state index in [1.807, 2.05) is 37.3 Å². The van der Waals surface area contributed by atoms with E-state index in [4.69, 9.17) is 0 Å². The van der Waals surface area contributed by atoms with Crippen LogP contribution in [0.15, 0.2) is 45.0 Å². The molecule has 0 atom stereocenters. The summed E-state index contributed by atoms with van der Waals surface area (Å²) in [5.74, 6) is 0.433. The quantitative estimate of drug-likeness (QED) is 0.560. The number of fused-ring (bicyclic) bond motifs is 1. The van der Waals surface area contributed by atoms with Gasteiger partial charge in [0.2, 0.25) is 5.95 Å². The molecule has 3 aromatic rings. The van der Waals surface area contributed by atoms with E-state index in [1.165, 1.54) is 11.6 Å². The van der Waals surface area contributed by atoms with Crippen molar-refractivity contribution in [1.29, 1.82) is 0 Å². The Morgan fingerprint density at radius 1 is 1.16 bits per heavy atom. The van der Waals surface area contributed by atoms with Crippen molar-refractivity contribution in [3.63, 3.8) is 0 Å². The number of nitrogens with zero attached hydrogens (tertiary/aromatic N) is 5. The molecule has 0 aliphatic heterocycles. The van der Waals surface area contributed by atoms with Gasteiger partial charge in [-0.15, -0.1) is 0 Å². The first-order valence-corrected chi connectivity index (χ1v) is 8.05. The van der Waals surface area contributed by atoms with Gasteiger partial charge in [-0.3, -0.25) is 13.9 Å². The Balaban J connectivity index is 2.09. The molecule has 0 aliphatic carbocycles. The van der Waals surface area contributed by atoms with Gasteiger partial charge in [0.05, 0.1) is 6.21 Å². The Labute approximate surface area is 144 Å². The maximum absolute atomic E-state index is 12.5. The third kappa shape index (κ3) is 2.98. The summed E-state index contributed by atoms with van der Waals surface area (Å²) >= 11 is 0. The molecule has 1 aromatic carbocycles. The van der Waals surface area contributed by atoms with Gasteiger partial charge in [-0.05, 0) is 12.0 Å². The molecule has 2 heterocycles. The second-order valence-corrected chi connectivity index (χ2v) is 5.75. The Kier molecular flexibility index (Phi) is 4.51. The molecular weight excluding hydrogens is 320 g/mol. The average Bonchev–Trinajstić information content (AvgIpc) is 2.98. The smallest absolute Gasteiger partial charge is 0.303 e. The van der Waals surface area contributed by atoms with E-state index < -0.39 is 5.69 Å². The molecule has 0 spiro atoms. The summed E-state index contributed by atoms with van der Waals surface area (Å²) in [6.07, 6.45) is 2.49. The third-order valence-corrected chi connectivity index (χ3v) is 3.97. The molecule has 0 saturated heterocycles. The van der Waals surface area contributed by atoms with Gasteiger partial charge < -0.3 is 4.57 Å². The SMILES string of the molecule is CCCn1c(N/N=C\c2ccccc2)nc2c1c(=O)n(C)c(=O)n2C. The normalized spacial score (nSPS) is 11.5. The summed E-state index contributed by atoms with van der Waals surface area (Å²) in [6, 6.07) is 9.64. The lowest BCUT2D eigenvalue weighted by Gasteiger charge is -2.07. The van der Waals surface area contributed by atoms with Crippen LogP contribution in [-0.2, 0) is 20.6 Å². The first-order valence-electron chi connectivity index (χ1n) is 8.05. The Bertz CT molecular complexity index is 1040. The highest BCUT2D eigenvalue weighted by Crippen LogP contribution is 2.16. The molecule has 2 aromatic heterocycles. The van der Waals surface area contributed by atoms with Crippen molar-refractivity contribution in [2.45, 2.75) is 19.9 Å². The van der Waals surface area contributed by atoms with Crippen LogP contribution in [0.2, 0.25) is 0 Å². The maximum Gasteiger partial charge on any atom is 0.332 e. The maximum atomic E-state index is 12.5. The van der Waals surface area contributed by atoms with Crippen molar-refractivity contribution < 1.29 is 0 Å². The predicted octanol–water partition coefficient (Wildman–Crippen LogP) is 1.29. The van der Waals surface area contributed by atoms with Crippen molar-refractivity contribution >= 4 is 23.3 Å². The number of aromatic nitrogens is 4. The summed E-state index contributed by atoms with van der Waals surface area (Å²) in [7, 11) is 3.07. The number of hydrogen-bond acceptors (Lipinski definition) is 5. The van der Waals surface area contributed by atoms with Gasteiger partial charge in [0, 0.05) is 20.6 Å². The number of aryl methyl sites for hydroxylation is 2. The van der Waals surface area contributed by atoms with Crippen molar-refractivity contribution in [3.8, 4) is 0 Å². The number of nitrogens with one attached hydrogen (secondary N) is 1. The molecule has 1 N–H and O–H groups in total. The number of hydrazone groups is 1. The lowest BCUT2D eigenvalue weighted by atomic mass is 10.2. The Morgan fingerprint density at radius 3 is 2.56 bits per heavy atom. The van der Waals surface area contributed by atoms with E-state index in [0.29, 0.717) is 23.7 Å². The van der Waals surface area contributed by atoms with Gasteiger partial charge >= 0.3 is 5.69 Å². The van der Waals surface area contributed by atoms with E-state index in [2.05, 4.69) is 15.5 Å². The van der Waals surface area contributed by atoms with Gasteiger partial charge in [0.15, 0.2) is 11.2 Å². The van der Waals surface area contributed by atoms with Gasteiger partial charge in [-0.1, -0.05) is 37.3 Å². The molecule has 0 radical (unpaired) electrons. The van der Waals surface area contributed by atoms with Crippen LogP contribution in [0.3, 0.4) is 0 Å². The zero-order chi connectivity index (χ0) is 18.0. The van der Waals surface area contributed by atoms with E-state index in [-0.39, 0.29) is 5.56 Å². The van der Waals surface area contributed by atoms with E-state index in [0.717, 1.165) is 16.6 Å². The fraction of sp³-hybridized carbons (Fsp3) is 0.294. The first-order chi connectivity index (χ1) is 12.0. The van der Waals surface area contributed by atoms with Crippen molar-refractivity contribution in [2.75, 3.05) is 5.43 Å². The van der Waals surface area contributed by atoms with Crippen LogP contribution in [0.25, 0.3) is 11.2 Å². The molecular formula is C17H20N6O2. The summed E-state index contributed by atoms with van der Waals surface area (Å²) in [6.45, 7) is 2.60. The second kappa shape index (κ2) is 6.76. The number of anilines is 1. The van der Waals surface area contributed by atoms with E-state index in [1.54, 1.807) is 17.8 Å². The van der Waals surface area contributed by atoms with E-state index in [9.17, 15) is 9.59 Å². The van der Waals surface area contributed by atoms with Gasteiger partial charge in [-0.25, -0.2) is 10.2 Å². The molecule has 0 amide bonds. The van der Waals surface area contributed by atoms with Crippen LogP contribution in [0, 0.1) is 0 Å². The summed E-state index contributed by atoms with van der Waals surface area (Å²) in [4.78, 5) is 29.0. The molecule has 0 fully saturated rings. The number of benzene rings is 1. The van der Waals surface area contributed by atoms with Crippen LogP contribution in [0.4, 0.5) is 5.95 Å². The third-order valence-electron chi connectivity index (χ3n) is 3.97. The molecule has 0 aliphatic rings. The minimum absolute atomic E-state index is 0.346. The number of hydrogen-bond donors (Lipinski definition) is 1. The summed E-state index contributed by atoms with van der Waals surface area (Å²) in [5, 5.41) is 4.20. The predicted molar refractivity (Wildman–Crippen MR) is 98.2 cm³/mol. The number of imidazole rings is 1. The van der Waals surface area contributed by atoms with E-state index >= 15 is 0 Å². The minimum Gasteiger partial charge on any atom is -0.303 e. The van der Waals surface area contributed by atoms with Crippen molar-refractivity contribution in [2.24, 2.45) is 19.2 Å². The number of rotatable bonds is 5. The molecule has 0 saturated carbocycles. The van der Waals surface area contributed by atoms with Crippen LogP contribution in [0.5, 0.6) is 0 Å². The molecule has 8 nitrogen and oxygen atoms in total. The lowest BCUT2D eigenvalue weighted by Crippen LogP contribution is -2.37. The molecule has 0 bridgehead atoms. The fourth-order valence-electron chi connectivity index (χ4n) is 2.68. The van der Waals surface area contributed by atoms with Gasteiger partial charge in [0.25, 0.3) is 5.56 Å².